The van der Waals surface area contributed by atoms with Crippen LogP contribution in [0.2, 0.25) is 0 Å². The van der Waals surface area contributed by atoms with E-state index in [4.69, 9.17) is 14.5 Å². The van der Waals surface area contributed by atoms with E-state index in [1.165, 1.54) is 11.3 Å². The van der Waals surface area contributed by atoms with E-state index in [-0.39, 0.29) is 5.91 Å². The van der Waals surface area contributed by atoms with Gasteiger partial charge in [-0.15, -0.1) is 11.3 Å². The maximum atomic E-state index is 13.2. The van der Waals surface area contributed by atoms with E-state index in [1.807, 2.05) is 36.6 Å². The van der Waals surface area contributed by atoms with E-state index in [0.29, 0.717) is 28.7 Å². The largest absolute Gasteiger partial charge is 0.497 e. The van der Waals surface area contributed by atoms with Crippen LogP contribution in [0.5, 0.6) is 11.5 Å². The van der Waals surface area contributed by atoms with Gasteiger partial charge in [-0.2, -0.15) is 0 Å². The summed E-state index contributed by atoms with van der Waals surface area (Å²) >= 11 is 4.90. The number of carbonyl (C=O) groups excluding carboxylic acids is 1. The number of thiazole rings is 1. The number of amides is 1. The van der Waals surface area contributed by atoms with E-state index in [1.54, 1.807) is 37.3 Å². The number of halogens is 1. The molecule has 146 valence electrons. The molecule has 28 heavy (non-hydrogen) atoms. The van der Waals surface area contributed by atoms with Gasteiger partial charge in [-0.05, 0) is 30.7 Å². The molecule has 0 atom stereocenters. The van der Waals surface area contributed by atoms with Gasteiger partial charge in [-0.3, -0.25) is 9.69 Å². The molecular formula is C21H21BrN2O3S. The standard InChI is InChI=1S/C21H21BrN2O3S/c1-4-9-24(20(25)15-10-17(26-2)12-18(11-15)27-3)21-23-19(13-28-21)14-5-7-16(22)8-6-14/h5-8,10-13H,4,9H2,1-3H3. The average Bonchev–Trinajstić information content (AvgIpc) is 3.21. The van der Waals surface area contributed by atoms with Crippen LogP contribution in [0.1, 0.15) is 23.7 Å². The maximum absolute atomic E-state index is 13.2. The first-order valence-electron chi connectivity index (χ1n) is 8.82. The first-order valence-corrected chi connectivity index (χ1v) is 10.5. The molecule has 0 spiro atoms. The van der Waals surface area contributed by atoms with Gasteiger partial charge in [0.15, 0.2) is 5.13 Å². The molecule has 3 aromatic rings. The third-order valence-electron chi connectivity index (χ3n) is 4.15. The summed E-state index contributed by atoms with van der Waals surface area (Å²) in [6.45, 7) is 2.61. The number of ether oxygens (including phenoxy) is 2. The van der Waals surface area contributed by atoms with Gasteiger partial charge in [0.2, 0.25) is 0 Å². The summed E-state index contributed by atoms with van der Waals surface area (Å²) in [5.41, 5.74) is 2.37. The van der Waals surface area contributed by atoms with Gasteiger partial charge in [-0.1, -0.05) is 35.0 Å². The number of methoxy groups -OCH3 is 2. The van der Waals surface area contributed by atoms with Crippen molar-refractivity contribution in [1.82, 2.24) is 4.98 Å². The van der Waals surface area contributed by atoms with Gasteiger partial charge >= 0.3 is 0 Å². The van der Waals surface area contributed by atoms with Gasteiger partial charge in [0.25, 0.3) is 5.91 Å². The molecule has 5 nitrogen and oxygen atoms in total. The maximum Gasteiger partial charge on any atom is 0.260 e. The van der Waals surface area contributed by atoms with Gasteiger partial charge in [0.05, 0.1) is 19.9 Å². The molecule has 0 fully saturated rings. The fourth-order valence-corrected chi connectivity index (χ4v) is 3.86. The Balaban J connectivity index is 1.93. The Morgan fingerprint density at radius 3 is 2.32 bits per heavy atom. The molecule has 1 heterocycles. The molecule has 2 aromatic carbocycles. The van der Waals surface area contributed by atoms with Crippen molar-refractivity contribution >= 4 is 38.3 Å². The summed E-state index contributed by atoms with van der Waals surface area (Å²) in [5.74, 6) is 1.03. The molecule has 0 aliphatic rings. The summed E-state index contributed by atoms with van der Waals surface area (Å²) in [5, 5.41) is 2.65. The second kappa shape index (κ2) is 9.21. The third kappa shape index (κ3) is 4.54. The number of rotatable bonds is 7. The highest BCUT2D eigenvalue weighted by Gasteiger charge is 2.22. The van der Waals surface area contributed by atoms with E-state index >= 15 is 0 Å². The normalized spacial score (nSPS) is 10.6. The Bertz CT molecular complexity index is 934. The van der Waals surface area contributed by atoms with Crippen LogP contribution in [0.3, 0.4) is 0 Å². The summed E-state index contributed by atoms with van der Waals surface area (Å²) in [6.07, 6.45) is 0.819. The van der Waals surface area contributed by atoms with Crippen LogP contribution in [-0.4, -0.2) is 31.7 Å². The Kier molecular flexibility index (Phi) is 6.70. The molecule has 1 aromatic heterocycles. The van der Waals surface area contributed by atoms with Gasteiger partial charge in [-0.25, -0.2) is 4.98 Å². The molecule has 0 saturated carbocycles. The first kappa shape index (κ1) is 20.4. The molecule has 0 N–H and O–H groups in total. The zero-order valence-electron chi connectivity index (χ0n) is 15.9. The molecule has 3 rings (SSSR count). The Morgan fingerprint density at radius 1 is 1.11 bits per heavy atom. The Morgan fingerprint density at radius 2 is 1.75 bits per heavy atom. The molecule has 0 aliphatic carbocycles. The van der Waals surface area contributed by atoms with Crippen LogP contribution in [0.4, 0.5) is 5.13 Å². The lowest BCUT2D eigenvalue weighted by Crippen LogP contribution is -2.31. The third-order valence-corrected chi connectivity index (χ3v) is 5.55. The van der Waals surface area contributed by atoms with Crippen LogP contribution in [0.15, 0.2) is 52.3 Å². The molecule has 0 unspecified atom stereocenters. The Hall–Kier alpha value is -2.38. The van der Waals surface area contributed by atoms with Crippen LogP contribution < -0.4 is 14.4 Å². The predicted molar refractivity (Wildman–Crippen MR) is 117 cm³/mol. The highest BCUT2D eigenvalue weighted by atomic mass is 79.9. The summed E-state index contributed by atoms with van der Waals surface area (Å²) in [6, 6.07) is 13.1. The summed E-state index contributed by atoms with van der Waals surface area (Å²) in [7, 11) is 3.14. The number of aromatic nitrogens is 1. The molecule has 7 heteroatoms. The van der Waals surface area contributed by atoms with E-state index in [2.05, 4.69) is 15.9 Å². The molecule has 0 saturated heterocycles. The highest BCUT2D eigenvalue weighted by molar-refractivity contribution is 9.10. The van der Waals surface area contributed by atoms with Crippen molar-refractivity contribution in [3.8, 4) is 22.8 Å². The number of carbonyl (C=O) groups is 1. The van der Waals surface area contributed by atoms with Crippen molar-refractivity contribution in [3.05, 3.63) is 57.9 Å². The molecule has 0 aliphatic heterocycles. The van der Waals surface area contributed by atoms with E-state index in [9.17, 15) is 4.79 Å². The molecule has 1 amide bonds. The second-order valence-corrected chi connectivity index (χ2v) is 7.83. The van der Waals surface area contributed by atoms with E-state index < -0.39 is 0 Å². The van der Waals surface area contributed by atoms with Gasteiger partial charge < -0.3 is 9.47 Å². The molecule has 0 bridgehead atoms. The summed E-state index contributed by atoms with van der Waals surface area (Å²) < 4.78 is 11.6. The van der Waals surface area contributed by atoms with Crippen LogP contribution in [0.25, 0.3) is 11.3 Å². The van der Waals surface area contributed by atoms with Gasteiger partial charge in [0.1, 0.15) is 11.5 Å². The van der Waals surface area contributed by atoms with Crippen molar-refractivity contribution in [2.75, 3.05) is 25.7 Å². The highest BCUT2D eigenvalue weighted by Crippen LogP contribution is 2.30. The lowest BCUT2D eigenvalue weighted by molar-refractivity contribution is 0.0986. The summed E-state index contributed by atoms with van der Waals surface area (Å²) in [4.78, 5) is 19.7. The number of hydrogen-bond donors (Lipinski definition) is 0. The minimum absolute atomic E-state index is 0.129. The number of anilines is 1. The lowest BCUT2D eigenvalue weighted by atomic mass is 10.1. The quantitative estimate of drug-likeness (QED) is 0.457. The molecule has 0 radical (unpaired) electrons. The zero-order chi connectivity index (χ0) is 20.1. The van der Waals surface area contributed by atoms with E-state index in [0.717, 1.165) is 22.2 Å². The molecular weight excluding hydrogens is 440 g/mol. The van der Waals surface area contributed by atoms with Crippen molar-refractivity contribution in [3.63, 3.8) is 0 Å². The number of nitrogens with zero attached hydrogens (tertiary/aromatic N) is 2. The number of benzene rings is 2. The second-order valence-electron chi connectivity index (χ2n) is 6.08. The fourth-order valence-electron chi connectivity index (χ4n) is 2.74. The number of hydrogen-bond acceptors (Lipinski definition) is 5. The smallest absolute Gasteiger partial charge is 0.260 e. The van der Waals surface area contributed by atoms with Gasteiger partial charge in [0, 0.05) is 33.6 Å². The average molecular weight is 461 g/mol. The van der Waals surface area contributed by atoms with Crippen molar-refractivity contribution in [2.24, 2.45) is 0 Å². The predicted octanol–water partition coefficient (Wildman–Crippen LogP) is 5.65. The SMILES string of the molecule is CCCN(C(=O)c1cc(OC)cc(OC)c1)c1nc(-c2ccc(Br)cc2)cs1. The van der Waals surface area contributed by atoms with Crippen molar-refractivity contribution in [2.45, 2.75) is 13.3 Å². The van der Waals surface area contributed by atoms with Crippen molar-refractivity contribution < 1.29 is 14.3 Å². The fraction of sp³-hybridized carbons (Fsp3) is 0.238. The topological polar surface area (TPSA) is 51.7 Å². The Labute approximate surface area is 177 Å². The zero-order valence-corrected chi connectivity index (χ0v) is 18.3. The van der Waals surface area contributed by atoms with Crippen LogP contribution in [-0.2, 0) is 0 Å². The minimum atomic E-state index is -0.129. The lowest BCUT2D eigenvalue weighted by Gasteiger charge is -2.20. The minimum Gasteiger partial charge on any atom is -0.497 e. The van der Waals surface area contributed by atoms with Crippen molar-refractivity contribution in [1.29, 1.82) is 0 Å². The van der Waals surface area contributed by atoms with Crippen LogP contribution >= 0.6 is 27.3 Å². The monoisotopic (exact) mass is 460 g/mol. The first-order chi connectivity index (χ1) is 13.5. The van der Waals surface area contributed by atoms with Crippen LogP contribution in [0, 0.1) is 0 Å².